The largest absolute Gasteiger partial charge is 0.317 e. The summed E-state index contributed by atoms with van der Waals surface area (Å²) in [6.45, 7) is 4.51. The second-order valence-electron chi connectivity index (χ2n) is 7.04. The van der Waals surface area contributed by atoms with Gasteiger partial charge in [0.15, 0.2) is 0 Å². The van der Waals surface area contributed by atoms with Crippen molar-refractivity contribution in [3.8, 4) is 0 Å². The van der Waals surface area contributed by atoms with Crippen molar-refractivity contribution in [1.29, 1.82) is 0 Å². The van der Waals surface area contributed by atoms with Gasteiger partial charge in [-0.15, -0.1) is 0 Å². The SMILES string of the molecule is CCNCC1CCCCC1Cc1ccn(C2CCCC2)n1. The minimum Gasteiger partial charge on any atom is -0.317 e. The number of nitrogens with zero attached hydrogens (tertiary/aromatic N) is 2. The average molecular weight is 289 g/mol. The van der Waals surface area contributed by atoms with Gasteiger partial charge >= 0.3 is 0 Å². The Morgan fingerprint density at radius 2 is 1.81 bits per heavy atom. The van der Waals surface area contributed by atoms with Crippen molar-refractivity contribution in [2.24, 2.45) is 11.8 Å². The molecule has 0 saturated heterocycles. The third kappa shape index (κ3) is 3.88. The number of hydrogen-bond donors (Lipinski definition) is 1. The molecule has 118 valence electrons. The predicted molar refractivity (Wildman–Crippen MR) is 87.4 cm³/mol. The molecule has 3 nitrogen and oxygen atoms in total. The van der Waals surface area contributed by atoms with E-state index in [1.807, 2.05) is 0 Å². The zero-order valence-electron chi connectivity index (χ0n) is 13.6. The first-order valence-electron chi connectivity index (χ1n) is 9.11. The summed E-state index contributed by atoms with van der Waals surface area (Å²) in [6.07, 6.45) is 14.5. The molecule has 2 unspecified atom stereocenters. The van der Waals surface area contributed by atoms with Gasteiger partial charge in [0.05, 0.1) is 11.7 Å². The van der Waals surface area contributed by atoms with Gasteiger partial charge in [-0.05, 0) is 63.1 Å². The van der Waals surface area contributed by atoms with Crippen LogP contribution in [0.1, 0.15) is 70.0 Å². The van der Waals surface area contributed by atoms with Gasteiger partial charge in [0.1, 0.15) is 0 Å². The fraction of sp³-hybridized carbons (Fsp3) is 0.833. The van der Waals surface area contributed by atoms with Gasteiger partial charge in [-0.1, -0.05) is 32.6 Å². The number of nitrogens with one attached hydrogen (secondary N) is 1. The van der Waals surface area contributed by atoms with E-state index in [4.69, 9.17) is 5.10 Å². The highest BCUT2D eigenvalue weighted by molar-refractivity contribution is 5.02. The Labute approximate surface area is 129 Å². The van der Waals surface area contributed by atoms with Crippen LogP contribution in [-0.2, 0) is 6.42 Å². The molecule has 1 aromatic rings. The molecule has 21 heavy (non-hydrogen) atoms. The lowest BCUT2D eigenvalue weighted by Crippen LogP contribution is -2.31. The van der Waals surface area contributed by atoms with Crippen molar-refractivity contribution in [1.82, 2.24) is 15.1 Å². The Morgan fingerprint density at radius 3 is 2.57 bits per heavy atom. The fourth-order valence-corrected chi connectivity index (χ4v) is 4.28. The van der Waals surface area contributed by atoms with Crippen LogP contribution in [0.5, 0.6) is 0 Å². The van der Waals surface area contributed by atoms with Crippen LogP contribution < -0.4 is 5.32 Å². The van der Waals surface area contributed by atoms with E-state index in [1.54, 1.807) is 0 Å². The zero-order chi connectivity index (χ0) is 14.5. The zero-order valence-corrected chi connectivity index (χ0v) is 13.6. The maximum atomic E-state index is 4.90. The third-order valence-corrected chi connectivity index (χ3v) is 5.56. The molecule has 2 fully saturated rings. The smallest absolute Gasteiger partial charge is 0.0627 e. The number of rotatable bonds is 6. The minimum atomic E-state index is 0.683. The van der Waals surface area contributed by atoms with Crippen LogP contribution in [-0.4, -0.2) is 22.9 Å². The van der Waals surface area contributed by atoms with Crippen molar-refractivity contribution in [2.75, 3.05) is 13.1 Å². The Balaban J connectivity index is 1.58. The summed E-state index contributed by atoms with van der Waals surface area (Å²) in [5.74, 6) is 1.69. The Bertz CT molecular complexity index is 420. The number of hydrogen-bond acceptors (Lipinski definition) is 2. The van der Waals surface area contributed by atoms with Crippen LogP contribution in [0.2, 0.25) is 0 Å². The molecule has 2 aliphatic rings. The predicted octanol–water partition coefficient (Wildman–Crippen LogP) is 3.96. The summed E-state index contributed by atoms with van der Waals surface area (Å²) in [5, 5.41) is 8.46. The maximum Gasteiger partial charge on any atom is 0.0627 e. The second-order valence-corrected chi connectivity index (χ2v) is 7.04. The molecule has 0 aromatic carbocycles. The van der Waals surface area contributed by atoms with Gasteiger partial charge in [0.25, 0.3) is 0 Å². The van der Waals surface area contributed by atoms with Crippen molar-refractivity contribution in [3.05, 3.63) is 18.0 Å². The number of aromatic nitrogens is 2. The summed E-state index contributed by atoms with van der Waals surface area (Å²) in [6, 6.07) is 2.96. The van der Waals surface area contributed by atoms with Crippen LogP contribution in [0.25, 0.3) is 0 Å². The van der Waals surface area contributed by atoms with Crippen molar-refractivity contribution >= 4 is 0 Å². The molecule has 0 aliphatic heterocycles. The van der Waals surface area contributed by atoms with E-state index in [1.165, 1.54) is 70.0 Å². The first kappa shape index (κ1) is 15.1. The molecule has 0 amide bonds. The van der Waals surface area contributed by atoms with Crippen molar-refractivity contribution in [2.45, 2.75) is 70.8 Å². The molecule has 2 atom stereocenters. The van der Waals surface area contributed by atoms with E-state index in [-0.39, 0.29) is 0 Å². The van der Waals surface area contributed by atoms with Crippen molar-refractivity contribution in [3.63, 3.8) is 0 Å². The van der Waals surface area contributed by atoms with E-state index in [9.17, 15) is 0 Å². The highest BCUT2D eigenvalue weighted by atomic mass is 15.3. The fourth-order valence-electron chi connectivity index (χ4n) is 4.28. The normalized spacial score (nSPS) is 27.3. The minimum absolute atomic E-state index is 0.683. The quantitative estimate of drug-likeness (QED) is 0.859. The standard InChI is InChI=1S/C18H31N3/c1-2-19-14-16-8-4-3-7-15(16)13-17-11-12-21(20-17)18-9-5-6-10-18/h11-12,15-16,18-19H,2-10,13-14H2,1H3. The van der Waals surface area contributed by atoms with Crippen molar-refractivity contribution < 1.29 is 0 Å². The lowest BCUT2D eigenvalue weighted by molar-refractivity contribution is 0.227. The van der Waals surface area contributed by atoms with Gasteiger partial charge in [0, 0.05) is 6.20 Å². The molecule has 3 heteroatoms. The van der Waals surface area contributed by atoms with Gasteiger partial charge < -0.3 is 5.32 Å². The van der Waals surface area contributed by atoms with E-state index in [0.29, 0.717) is 6.04 Å². The molecule has 0 bridgehead atoms. The summed E-state index contributed by atoms with van der Waals surface area (Å²) < 4.78 is 2.25. The molecular weight excluding hydrogens is 258 g/mol. The first-order chi connectivity index (χ1) is 10.4. The molecule has 2 aliphatic carbocycles. The second kappa shape index (κ2) is 7.44. The van der Waals surface area contributed by atoms with Gasteiger partial charge in [-0.25, -0.2) is 0 Å². The van der Waals surface area contributed by atoms with Crippen LogP contribution in [0.3, 0.4) is 0 Å². The monoisotopic (exact) mass is 289 g/mol. The highest BCUT2D eigenvalue weighted by Crippen LogP contribution is 2.33. The van der Waals surface area contributed by atoms with Gasteiger partial charge in [-0.3, -0.25) is 4.68 Å². The van der Waals surface area contributed by atoms with E-state index in [2.05, 4.69) is 29.2 Å². The topological polar surface area (TPSA) is 29.9 Å². The van der Waals surface area contributed by atoms with E-state index in [0.717, 1.165) is 18.4 Å². The average Bonchev–Trinajstić information content (AvgIpc) is 3.17. The Kier molecular flexibility index (Phi) is 5.34. The highest BCUT2D eigenvalue weighted by Gasteiger charge is 2.26. The Hall–Kier alpha value is -0.830. The van der Waals surface area contributed by atoms with Gasteiger partial charge in [0.2, 0.25) is 0 Å². The summed E-state index contributed by atoms with van der Waals surface area (Å²) in [5.41, 5.74) is 1.33. The molecule has 0 spiro atoms. The summed E-state index contributed by atoms with van der Waals surface area (Å²) in [4.78, 5) is 0. The molecule has 1 N–H and O–H groups in total. The molecule has 2 saturated carbocycles. The Morgan fingerprint density at radius 1 is 1.10 bits per heavy atom. The van der Waals surface area contributed by atoms with Gasteiger partial charge in [-0.2, -0.15) is 5.10 Å². The van der Waals surface area contributed by atoms with Crippen LogP contribution in [0.4, 0.5) is 0 Å². The molecule has 1 aromatic heterocycles. The maximum absolute atomic E-state index is 4.90. The lowest BCUT2D eigenvalue weighted by atomic mass is 9.77. The molecule has 1 heterocycles. The lowest BCUT2D eigenvalue weighted by Gasteiger charge is -2.31. The molecule has 3 rings (SSSR count). The molecule has 0 radical (unpaired) electrons. The summed E-state index contributed by atoms with van der Waals surface area (Å²) in [7, 11) is 0. The van der Waals surface area contributed by atoms with E-state index >= 15 is 0 Å². The first-order valence-corrected chi connectivity index (χ1v) is 9.11. The van der Waals surface area contributed by atoms with E-state index < -0.39 is 0 Å². The van der Waals surface area contributed by atoms with Crippen LogP contribution in [0.15, 0.2) is 12.3 Å². The third-order valence-electron chi connectivity index (χ3n) is 5.56. The van der Waals surface area contributed by atoms with Crippen LogP contribution >= 0.6 is 0 Å². The molecular formula is C18H31N3. The summed E-state index contributed by atoms with van der Waals surface area (Å²) >= 11 is 0. The van der Waals surface area contributed by atoms with Crippen LogP contribution in [0, 0.1) is 11.8 Å².